The maximum atomic E-state index is 11.6. The van der Waals surface area contributed by atoms with Crippen molar-refractivity contribution in [3.63, 3.8) is 0 Å². The molecule has 1 aromatic heterocycles. The van der Waals surface area contributed by atoms with Gasteiger partial charge in [0.2, 0.25) is 5.88 Å². The molecule has 1 saturated heterocycles. The highest BCUT2D eigenvalue weighted by Crippen LogP contribution is 2.19. The van der Waals surface area contributed by atoms with Crippen LogP contribution >= 0.6 is 0 Å². The SMILES string of the molecule is CCOC(=O)c1cn[nH]c1OCC1CCOCC1. The molecular weight excluding hydrogens is 236 g/mol. The summed E-state index contributed by atoms with van der Waals surface area (Å²) in [5, 5.41) is 6.49. The zero-order valence-corrected chi connectivity index (χ0v) is 10.5. The molecule has 0 radical (unpaired) electrons. The van der Waals surface area contributed by atoms with Gasteiger partial charge in [-0.05, 0) is 25.7 Å². The van der Waals surface area contributed by atoms with Crippen molar-refractivity contribution in [1.82, 2.24) is 10.2 Å². The third kappa shape index (κ3) is 3.22. The maximum absolute atomic E-state index is 11.6. The first-order valence-corrected chi connectivity index (χ1v) is 6.22. The lowest BCUT2D eigenvalue weighted by molar-refractivity contribution is 0.0462. The van der Waals surface area contributed by atoms with Crippen molar-refractivity contribution in [2.75, 3.05) is 26.4 Å². The molecule has 0 unspecified atom stereocenters. The number of ether oxygens (including phenoxy) is 3. The van der Waals surface area contributed by atoms with Gasteiger partial charge in [-0.1, -0.05) is 0 Å². The van der Waals surface area contributed by atoms with Gasteiger partial charge in [0.1, 0.15) is 5.56 Å². The second kappa shape index (κ2) is 6.39. The van der Waals surface area contributed by atoms with Crippen molar-refractivity contribution in [1.29, 1.82) is 0 Å². The van der Waals surface area contributed by atoms with Crippen LogP contribution in [0.5, 0.6) is 5.88 Å². The van der Waals surface area contributed by atoms with Crippen molar-refractivity contribution in [3.8, 4) is 5.88 Å². The second-order valence-electron chi connectivity index (χ2n) is 4.20. The Morgan fingerprint density at radius 3 is 3.06 bits per heavy atom. The normalized spacial score (nSPS) is 16.5. The molecule has 0 atom stereocenters. The molecule has 0 bridgehead atoms. The number of hydrogen-bond acceptors (Lipinski definition) is 5. The fourth-order valence-corrected chi connectivity index (χ4v) is 1.85. The van der Waals surface area contributed by atoms with Gasteiger partial charge in [-0.25, -0.2) is 9.89 Å². The van der Waals surface area contributed by atoms with E-state index in [-0.39, 0.29) is 0 Å². The molecule has 1 fully saturated rings. The van der Waals surface area contributed by atoms with E-state index < -0.39 is 5.97 Å². The topological polar surface area (TPSA) is 73.4 Å². The first-order chi connectivity index (χ1) is 8.81. The molecule has 2 heterocycles. The molecule has 1 aromatic rings. The molecule has 6 heteroatoms. The number of carbonyl (C=O) groups excluding carboxylic acids is 1. The number of nitrogens with one attached hydrogen (secondary N) is 1. The van der Waals surface area contributed by atoms with E-state index in [1.54, 1.807) is 6.92 Å². The molecule has 2 rings (SSSR count). The number of rotatable bonds is 5. The van der Waals surface area contributed by atoms with E-state index in [0.717, 1.165) is 26.1 Å². The summed E-state index contributed by atoms with van der Waals surface area (Å²) in [5.74, 6) is 0.449. The summed E-state index contributed by atoms with van der Waals surface area (Å²) in [6.07, 6.45) is 3.41. The molecule has 1 aliphatic rings. The van der Waals surface area contributed by atoms with E-state index >= 15 is 0 Å². The van der Waals surface area contributed by atoms with Gasteiger partial charge in [0.25, 0.3) is 0 Å². The van der Waals surface area contributed by atoms with E-state index in [9.17, 15) is 4.79 Å². The minimum absolute atomic E-state index is 0.337. The van der Waals surface area contributed by atoms with Crippen LogP contribution in [0.3, 0.4) is 0 Å². The molecule has 0 aromatic carbocycles. The van der Waals surface area contributed by atoms with Gasteiger partial charge >= 0.3 is 5.97 Å². The van der Waals surface area contributed by atoms with Crippen LogP contribution < -0.4 is 4.74 Å². The molecule has 0 spiro atoms. The van der Waals surface area contributed by atoms with Crippen LogP contribution in [0.4, 0.5) is 0 Å². The Balaban J connectivity index is 1.88. The molecule has 100 valence electrons. The summed E-state index contributed by atoms with van der Waals surface area (Å²) < 4.78 is 15.8. The van der Waals surface area contributed by atoms with Gasteiger partial charge in [-0.3, -0.25) is 0 Å². The summed E-state index contributed by atoms with van der Waals surface area (Å²) in [5.41, 5.74) is 0.351. The zero-order chi connectivity index (χ0) is 12.8. The third-order valence-corrected chi connectivity index (χ3v) is 2.90. The summed E-state index contributed by atoms with van der Waals surface area (Å²) in [6, 6.07) is 0. The Kier molecular flexibility index (Phi) is 4.58. The van der Waals surface area contributed by atoms with E-state index in [1.807, 2.05) is 0 Å². The van der Waals surface area contributed by atoms with Gasteiger partial charge < -0.3 is 14.2 Å². The molecule has 1 aliphatic heterocycles. The number of carbonyl (C=O) groups is 1. The van der Waals surface area contributed by atoms with Crippen molar-refractivity contribution in [2.24, 2.45) is 5.92 Å². The van der Waals surface area contributed by atoms with Crippen LogP contribution in [0, 0.1) is 5.92 Å². The molecule has 0 amide bonds. The predicted molar refractivity (Wildman–Crippen MR) is 63.6 cm³/mol. The minimum Gasteiger partial charge on any atom is -0.477 e. The van der Waals surface area contributed by atoms with Gasteiger partial charge in [0, 0.05) is 13.2 Å². The number of nitrogens with zero attached hydrogens (tertiary/aromatic N) is 1. The van der Waals surface area contributed by atoms with E-state index in [2.05, 4.69) is 10.2 Å². The quantitative estimate of drug-likeness (QED) is 0.804. The predicted octanol–water partition coefficient (Wildman–Crippen LogP) is 1.39. The lowest BCUT2D eigenvalue weighted by Crippen LogP contribution is -2.22. The number of esters is 1. The summed E-state index contributed by atoms with van der Waals surface area (Å²) >= 11 is 0. The molecular formula is C12H18N2O4. The van der Waals surface area contributed by atoms with E-state index in [0.29, 0.717) is 30.6 Å². The number of hydrogen-bond donors (Lipinski definition) is 1. The fraction of sp³-hybridized carbons (Fsp3) is 0.667. The Morgan fingerprint density at radius 2 is 2.33 bits per heavy atom. The van der Waals surface area contributed by atoms with Crippen molar-refractivity contribution < 1.29 is 19.0 Å². The summed E-state index contributed by atoms with van der Waals surface area (Å²) in [6.45, 7) is 4.23. The highest BCUT2D eigenvalue weighted by molar-refractivity contribution is 5.91. The standard InChI is InChI=1S/C12H18N2O4/c1-2-17-12(15)10-7-13-14-11(10)18-8-9-3-5-16-6-4-9/h7,9H,2-6,8H2,1H3,(H,13,14). The van der Waals surface area contributed by atoms with Crippen LogP contribution in [0.25, 0.3) is 0 Å². The Labute approximate surface area is 106 Å². The number of aromatic amines is 1. The van der Waals surface area contributed by atoms with Crippen molar-refractivity contribution >= 4 is 5.97 Å². The second-order valence-corrected chi connectivity index (χ2v) is 4.20. The highest BCUT2D eigenvalue weighted by atomic mass is 16.5. The third-order valence-electron chi connectivity index (χ3n) is 2.90. The van der Waals surface area contributed by atoms with Gasteiger partial charge in [0.15, 0.2) is 0 Å². The van der Waals surface area contributed by atoms with Crippen LogP contribution in [0.2, 0.25) is 0 Å². The Morgan fingerprint density at radius 1 is 1.56 bits per heavy atom. The summed E-state index contributed by atoms with van der Waals surface area (Å²) in [4.78, 5) is 11.6. The minimum atomic E-state index is -0.409. The largest absolute Gasteiger partial charge is 0.477 e. The smallest absolute Gasteiger partial charge is 0.345 e. The van der Waals surface area contributed by atoms with E-state index in [4.69, 9.17) is 14.2 Å². The first kappa shape index (κ1) is 12.9. The van der Waals surface area contributed by atoms with Gasteiger partial charge in [-0.2, -0.15) is 5.10 Å². The van der Waals surface area contributed by atoms with Crippen molar-refractivity contribution in [2.45, 2.75) is 19.8 Å². The zero-order valence-electron chi connectivity index (χ0n) is 10.5. The molecule has 18 heavy (non-hydrogen) atoms. The molecule has 0 saturated carbocycles. The average Bonchev–Trinajstić information content (AvgIpc) is 2.86. The lowest BCUT2D eigenvalue weighted by Gasteiger charge is -2.21. The fourth-order valence-electron chi connectivity index (χ4n) is 1.85. The lowest BCUT2D eigenvalue weighted by atomic mass is 10.0. The average molecular weight is 254 g/mol. The van der Waals surface area contributed by atoms with Crippen LogP contribution in [-0.4, -0.2) is 42.6 Å². The van der Waals surface area contributed by atoms with Crippen molar-refractivity contribution in [3.05, 3.63) is 11.8 Å². The maximum Gasteiger partial charge on any atom is 0.345 e. The highest BCUT2D eigenvalue weighted by Gasteiger charge is 2.19. The van der Waals surface area contributed by atoms with Crippen LogP contribution in [-0.2, 0) is 9.47 Å². The Bertz CT molecular complexity index is 385. The summed E-state index contributed by atoms with van der Waals surface area (Å²) in [7, 11) is 0. The first-order valence-electron chi connectivity index (χ1n) is 6.22. The molecule has 6 nitrogen and oxygen atoms in total. The Hall–Kier alpha value is -1.56. The van der Waals surface area contributed by atoms with Gasteiger partial charge in [0.05, 0.1) is 19.4 Å². The van der Waals surface area contributed by atoms with E-state index in [1.165, 1.54) is 6.20 Å². The number of H-pyrrole nitrogens is 1. The monoisotopic (exact) mass is 254 g/mol. The number of aromatic nitrogens is 2. The van der Waals surface area contributed by atoms with Crippen LogP contribution in [0.15, 0.2) is 6.20 Å². The van der Waals surface area contributed by atoms with Gasteiger partial charge in [-0.15, -0.1) is 0 Å². The molecule has 1 N–H and O–H groups in total. The molecule has 0 aliphatic carbocycles. The van der Waals surface area contributed by atoms with Crippen LogP contribution in [0.1, 0.15) is 30.1 Å².